The number of alkyl halides is 1. The lowest BCUT2D eigenvalue weighted by Gasteiger charge is -2.26. The van der Waals surface area contributed by atoms with Crippen molar-refractivity contribution in [2.75, 3.05) is 0 Å². The summed E-state index contributed by atoms with van der Waals surface area (Å²) in [4.78, 5) is 0.419. The summed E-state index contributed by atoms with van der Waals surface area (Å²) in [6, 6.07) is 5.94. The lowest BCUT2D eigenvalue weighted by Crippen LogP contribution is -2.11. The first-order valence-corrected chi connectivity index (χ1v) is 7.44. The summed E-state index contributed by atoms with van der Waals surface area (Å²) >= 11 is 15.8. The Morgan fingerprint density at radius 1 is 1.06 bits per heavy atom. The van der Waals surface area contributed by atoms with Gasteiger partial charge in [-0.3, -0.25) is 0 Å². The standard InChI is InChI=1S/C13H15BrCl2/c14-13(9-4-2-1-3-5-9)10-6-7-11(15)12(16)8-10/h6-9,13H,1-5H2. The van der Waals surface area contributed by atoms with E-state index in [1.54, 1.807) is 0 Å². The maximum Gasteiger partial charge on any atom is 0.0595 e. The number of rotatable bonds is 2. The van der Waals surface area contributed by atoms with Crippen LogP contribution in [0.1, 0.15) is 42.5 Å². The van der Waals surface area contributed by atoms with Crippen LogP contribution in [0.4, 0.5) is 0 Å². The molecule has 0 heterocycles. The summed E-state index contributed by atoms with van der Waals surface area (Å²) in [5.41, 5.74) is 1.25. The molecule has 2 rings (SSSR count). The fourth-order valence-electron chi connectivity index (χ4n) is 2.38. The van der Waals surface area contributed by atoms with Crippen molar-refractivity contribution in [1.29, 1.82) is 0 Å². The van der Waals surface area contributed by atoms with Gasteiger partial charge in [0.15, 0.2) is 0 Å². The van der Waals surface area contributed by atoms with Gasteiger partial charge in [-0.15, -0.1) is 0 Å². The molecule has 0 aliphatic heterocycles. The van der Waals surface area contributed by atoms with Gasteiger partial charge in [0.2, 0.25) is 0 Å². The molecule has 0 aromatic heterocycles. The maximum atomic E-state index is 6.04. The van der Waals surface area contributed by atoms with Gasteiger partial charge < -0.3 is 0 Å². The maximum absolute atomic E-state index is 6.04. The van der Waals surface area contributed by atoms with Gasteiger partial charge in [0.1, 0.15) is 0 Å². The molecule has 1 aromatic rings. The minimum atomic E-state index is 0.419. The van der Waals surface area contributed by atoms with E-state index in [2.05, 4.69) is 22.0 Å². The van der Waals surface area contributed by atoms with Gasteiger partial charge >= 0.3 is 0 Å². The van der Waals surface area contributed by atoms with E-state index < -0.39 is 0 Å². The van der Waals surface area contributed by atoms with Gasteiger partial charge in [0.05, 0.1) is 10.0 Å². The van der Waals surface area contributed by atoms with Gasteiger partial charge in [-0.25, -0.2) is 0 Å². The molecule has 0 amide bonds. The number of benzene rings is 1. The Morgan fingerprint density at radius 2 is 1.75 bits per heavy atom. The molecule has 1 saturated carbocycles. The molecule has 1 fully saturated rings. The van der Waals surface area contributed by atoms with Crippen LogP contribution in [0.25, 0.3) is 0 Å². The van der Waals surface area contributed by atoms with Crippen LogP contribution in [0.3, 0.4) is 0 Å². The lowest BCUT2D eigenvalue weighted by atomic mass is 9.85. The lowest BCUT2D eigenvalue weighted by molar-refractivity contribution is 0.354. The van der Waals surface area contributed by atoms with Gasteiger partial charge in [0, 0.05) is 4.83 Å². The Kier molecular flexibility index (Phi) is 4.57. The Labute approximate surface area is 115 Å². The quantitative estimate of drug-likeness (QED) is 0.585. The second-order valence-electron chi connectivity index (χ2n) is 4.47. The molecule has 0 bridgehead atoms. The fourth-order valence-corrected chi connectivity index (χ4v) is 3.50. The Balaban J connectivity index is 2.12. The van der Waals surface area contributed by atoms with Gasteiger partial charge in [-0.2, -0.15) is 0 Å². The van der Waals surface area contributed by atoms with Crippen molar-refractivity contribution >= 4 is 39.1 Å². The molecular formula is C13H15BrCl2. The van der Waals surface area contributed by atoms with E-state index in [1.165, 1.54) is 37.7 Å². The highest BCUT2D eigenvalue weighted by Crippen LogP contribution is 2.41. The van der Waals surface area contributed by atoms with E-state index in [-0.39, 0.29) is 0 Å². The molecule has 0 radical (unpaired) electrons. The first-order chi connectivity index (χ1) is 7.68. The molecule has 1 aromatic carbocycles. The van der Waals surface area contributed by atoms with Gasteiger partial charge in [0.25, 0.3) is 0 Å². The SMILES string of the molecule is Clc1ccc(C(Br)C2CCCCC2)cc1Cl. The predicted molar refractivity (Wildman–Crippen MR) is 74.7 cm³/mol. The van der Waals surface area contributed by atoms with Crippen molar-refractivity contribution in [3.05, 3.63) is 33.8 Å². The van der Waals surface area contributed by atoms with E-state index in [0.717, 1.165) is 5.92 Å². The van der Waals surface area contributed by atoms with E-state index in [9.17, 15) is 0 Å². The zero-order valence-corrected chi connectivity index (χ0v) is 12.2. The largest absolute Gasteiger partial charge is 0.0836 e. The molecule has 1 atom stereocenters. The smallest absolute Gasteiger partial charge is 0.0595 e. The van der Waals surface area contributed by atoms with Crippen molar-refractivity contribution in [3.63, 3.8) is 0 Å². The number of hydrogen-bond donors (Lipinski definition) is 0. The average molecular weight is 322 g/mol. The third kappa shape index (κ3) is 2.94. The van der Waals surface area contributed by atoms with Crippen molar-refractivity contribution in [3.8, 4) is 0 Å². The van der Waals surface area contributed by atoms with Crippen LogP contribution in [-0.4, -0.2) is 0 Å². The summed E-state index contributed by atoms with van der Waals surface area (Å²) in [5.74, 6) is 0.742. The summed E-state index contributed by atoms with van der Waals surface area (Å²) in [7, 11) is 0. The summed E-state index contributed by atoms with van der Waals surface area (Å²) in [6.45, 7) is 0. The molecule has 1 aliphatic carbocycles. The normalized spacial score (nSPS) is 19.7. The molecule has 0 nitrogen and oxygen atoms in total. The number of hydrogen-bond acceptors (Lipinski definition) is 0. The van der Waals surface area contributed by atoms with Crippen LogP contribution in [0, 0.1) is 5.92 Å². The highest BCUT2D eigenvalue weighted by molar-refractivity contribution is 9.09. The van der Waals surface area contributed by atoms with Gasteiger partial charge in [-0.05, 0) is 36.5 Å². The molecule has 0 saturated heterocycles. The minimum Gasteiger partial charge on any atom is -0.0836 e. The van der Waals surface area contributed by atoms with E-state index in [1.807, 2.05) is 12.1 Å². The van der Waals surface area contributed by atoms with Crippen molar-refractivity contribution in [2.45, 2.75) is 36.9 Å². The van der Waals surface area contributed by atoms with Crippen LogP contribution in [-0.2, 0) is 0 Å². The second kappa shape index (κ2) is 5.75. The Hall–Kier alpha value is 0.280. The van der Waals surface area contributed by atoms with E-state index >= 15 is 0 Å². The monoisotopic (exact) mass is 320 g/mol. The first kappa shape index (κ1) is 12.7. The molecule has 16 heavy (non-hydrogen) atoms. The zero-order valence-electron chi connectivity index (χ0n) is 9.06. The van der Waals surface area contributed by atoms with Crippen LogP contribution >= 0.6 is 39.1 Å². The van der Waals surface area contributed by atoms with Crippen molar-refractivity contribution in [2.24, 2.45) is 5.92 Å². The van der Waals surface area contributed by atoms with Crippen molar-refractivity contribution < 1.29 is 0 Å². The topological polar surface area (TPSA) is 0 Å². The second-order valence-corrected chi connectivity index (χ2v) is 6.27. The van der Waals surface area contributed by atoms with Crippen LogP contribution in [0.15, 0.2) is 18.2 Å². The molecular weight excluding hydrogens is 307 g/mol. The first-order valence-electron chi connectivity index (χ1n) is 5.77. The molecule has 0 spiro atoms. The van der Waals surface area contributed by atoms with E-state index in [4.69, 9.17) is 23.2 Å². The fraction of sp³-hybridized carbons (Fsp3) is 0.538. The third-order valence-electron chi connectivity index (χ3n) is 3.33. The van der Waals surface area contributed by atoms with E-state index in [0.29, 0.717) is 14.9 Å². The molecule has 88 valence electrons. The van der Waals surface area contributed by atoms with Crippen LogP contribution in [0.5, 0.6) is 0 Å². The minimum absolute atomic E-state index is 0.419. The summed E-state index contributed by atoms with van der Waals surface area (Å²) in [5, 5.41) is 1.29. The zero-order chi connectivity index (χ0) is 11.5. The highest BCUT2D eigenvalue weighted by atomic mass is 79.9. The summed E-state index contributed by atoms with van der Waals surface area (Å²) in [6.07, 6.45) is 6.73. The number of halogens is 3. The molecule has 1 unspecified atom stereocenters. The Morgan fingerprint density at radius 3 is 2.38 bits per heavy atom. The third-order valence-corrected chi connectivity index (χ3v) is 5.34. The molecule has 1 aliphatic rings. The summed E-state index contributed by atoms with van der Waals surface area (Å²) < 4.78 is 0. The van der Waals surface area contributed by atoms with Crippen LogP contribution in [0.2, 0.25) is 10.0 Å². The average Bonchev–Trinajstić information content (AvgIpc) is 2.33. The molecule has 0 N–H and O–H groups in total. The van der Waals surface area contributed by atoms with Crippen LogP contribution < -0.4 is 0 Å². The highest BCUT2D eigenvalue weighted by Gasteiger charge is 2.23. The van der Waals surface area contributed by atoms with Gasteiger partial charge in [-0.1, -0.05) is 64.5 Å². The molecule has 3 heteroatoms. The Bertz CT molecular complexity index is 359. The van der Waals surface area contributed by atoms with Crippen molar-refractivity contribution in [1.82, 2.24) is 0 Å². The predicted octanol–water partition coefficient (Wildman–Crippen LogP) is 6.01.